The molecular formula is C18H15F3N6O2. The van der Waals surface area contributed by atoms with Gasteiger partial charge in [-0.25, -0.2) is 4.79 Å². The number of methoxy groups -OCH3 is 1. The quantitative estimate of drug-likeness (QED) is 0.389. The third-order valence-corrected chi connectivity index (χ3v) is 3.91. The van der Waals surface area contributed by atoms with E-state index < -0.39 is 17.7 Å². The lowest BCUT2D eigenvalue weighted by Gasteiger charge is -2.07. The van der Waals surface area contributed by atoms with E-state index >= 15 is 0 Å². The van der Waals surface area contributed by atoms with Crippen molar-refractivity contribution in [3.05, 3.63) is 65.5 Å². The van der Waals surface area contributed by atoms with Gasteiger partial charge in [-0.3, -0.25) is 4.98 Å². The Labute approximate surface area is 163 Å². The van der Waals surface area contributed by atoms with E-state index in [2.05, 4.69) is 30.7 Å². The number of benzene rings is 1. The summed E-state index contributed by atoms with van der Waals surface area (Å²) in [7, 11) is 1.22. The maximum absolute atomic E-state index is 13.6. The molecule has 0 amide bonds. The molecular weight excluding hydrogens is 389 g/mol. The molecule has 0 saturated carbocycles. The molecule has 150 valence electrons. The molecule has 3 aromatic rings. The van der Waals surface area contributed by atoms with E-state index in [1.54, 1.807) is 24.3 Å². The third-order valence-electron chi connectivity index (χ3n) is 3.91. The average Bonchev–Trinajstić information content (AvgIpc) is 3.05. The third kappa shape index (κ3) is 4.23. The van der Waals surface area contributed by atoms with Crippen LogP contribution in [0.4, 0.5) is 18.9 Å². The number of aromatic nitrogens is 3. The van der Waals surface area contributed by atoms with E-state index in [1.165, 1.54) is 38.4 Å². The smallest absolute Gasteiger partial charge is 0.420 e. The Balaban J connectivity index is 1.94. The summed E-state index contributed by atoms with van der Waals surface area (Å²) in [5.41, 5.74) is 1.23. The van der Waals surface area contributed by atoms with Crippen LogP contribution in [0.2, 0.25) is 0 Å². The van der Waals surface area contributed by atoms with Gasteiger partial charge in [0.05, 0.1) is 24.1 Å². The van der Waals surface area contributed by atoms with E-state index in [4.69, 9.17) is 0 Å². The van der Waals surface area contributed by atoms with Crippen molar-refractivity contribution in [1.29, 1.82) is 0 Å². The van der Waals surface area contributed by atoms with Crippen LogP contribution >= 0.6 is 0 Å². The zero-order valence-electron chi connectivity index (χ0n) is 15.3. The first-order valence-electron chi connectivity index (χ1n) is 8.25. The Bertz CT molecular complexity index is 1050. The van der Waals surface area contributed by atoms with E-state index in [1.807, 2.05) is 0 Å². The van der Waals surface area contributed by atoms with Gasteiger partial charge in [0.1, 0.15) is 16.9 Å². The van der Waals surface area contributed by atoms with Gasteiger partial charge in [0.15, 0.2) is 0 Å². The number of alkyl halides is 3. The van der Waals surface area contributed by atoms with Crippen molar-refractivity contribution >= 4 is 11.7 Å². The van der Waals surface area contributed by atoms with Crippen LogP contribution in [0.1, 0.15) is 21.6 Å². The lowest BCUT2D eigenvalue weighted by Crippen LogP contribution is -2.13. The number of esters is 1. The highest BCUT2D eigenvalue weighted by molar-refractivity contribution is 5.94. The molecule has 1 aromatic carbocycles. The lowest BCUT2D eigenvalue weighted by atomic mass is 10.1. The highest BCUT2D eigenvalue weighted by Gasteiger charge is 2.39. The first-order chi connectivity index (χ1) is 13.8. The zero-order chi connectivity index (χ0) is 21.0. The Morgan fingerprint density at radius 1 is 1.17 bits per heavy atom. The van der Waals surface area contributed by atoms with Crippen LogP contribution < -0.4 is 5.53 Å². The van der Waals surface area contributed by atoms with Crippen LogP contribution in [0, 0.1) is 6.92 Å². The molecule has 8 nitrogen and oxygen atoms in total. The number of hydrogen-bond donors (Lipinski definition) is 1. The maximum atomic E-state index is 13.6. The SMILES string of the molecule is COC(=O)c1ccccc1N=NNn1nc(-c2ccccn2)c(C(F)(F)F)c1C. The van der Waals surface area contributed by atoms with Crippen LogP contribution in [-0.2, 0) is 10.9 Å². The Morgan fingerprint density at radius 3 is 2.55 bits per heavy atom. The Morgan fingerprint density at radius 2 is 1.90 bits per heavy atom. The number of nitrogens with zero attached hydrogens (tertiary/aromatic N) is 5. The predicted molar refractivity (Wildman–Crippen MR) is 96.9 cm³/mol. The van der Waals surface area contributed by atoms with Crippen LogP contribution in [0.25, 0.3) is 11.4 Å². The first kappa shape index (κ1) is 20.0. The lowest BCUT2D eigenvalue weighted by molar-refractivity contribution is -0.137. The standard InChI is InChI=1S/C18H15F3N6O2/c1-11-15(18(19,20)21)16(14-9-5-6-10-22-14)24-27(11)26-25-23-13-8-4-3-7-12(13)17(28)29-2/h3-10H,1-2H3,(H,23,26). The highest BCUT2D eigenvalue weighted by Crippen LogP contribution is 2.38. The predicted octanol–water partition coefficient (Wildman–Crippen LogP) is 4.30. The number of ether oxygens (including phenoxy) is 1. The first-order valence-corrected chi connectivity index (χ1v) is 8.25. The summed E-state index contributed by atoms with van der Waals surface area (Å²) in [5.74, 6) is -0.619. The van der Waals surface area contributed by atoms with Crippen molar-refractivity contribution in [1.82, 2.24) is 14.9 Å². The molecule has 0 aliphatic rings. The fraction of sp³-hybridized carbons (Fsp3) is 0.167. The molecule has 0 bridgehead atoms. The fourth-order valence-corrected chi connectivity index (χ4v) is 2.58. The number of halogens is 3. The second kappa shape index (κ2) is 8.09. The van der Waals surface area contributed by atoms with Crippen molar-refractivity contribution < 1.29 is 22.7 Å². The van der Waals surface area contributed by atoms with Crippen LogP contribution in [0.3, 0.4) is 0 Å². The number of rotatable bonds is 5. The molecule has 0 spiro atoms. The van der Waals surface area contributed by atoms with E-state index in [9.17, 15) is 18.0 Å². The molecule has 0 radical (unpaired) electrons. The largest absolute Gasteiger partial charge is 0.465 e. The molecule has 0 unspecified atom stereocenters. The zero-order valence-corrected chi connectivity index (χ0v) is 15.3. The minimum atomic E-state index is -4.65. The van der Waals surface area contributed by atoms with Gasteiger partial charge in [0, 0.05) is 6.20 Å². The van der Waals surface area contributed by atoms with Crippen molar-refractivity contribution in [3.63, 3.8) is 0 Å². The molecule has 29 heavy (non-hydrogen) atoms. The van der Waals surface area contributed by atoms with Crippen molar-refractivity contribution in [2.24, 2.45) is 10.3 Å². The summed E-state index contributed by atoms with van der Waals surface area (Å²) >= 11 is 0. The van der Waals surface area contributed by atoms with Crippen LogP contribution in [0.5, 0.6) is 0 Å². The average molecular weight is 404 g/mol. The number of carbonyl (C=O) groups excluding carboxylic acids is 1. The minimum absolute atomic E-state index is 0.0662. The van der Waals surface area contributed by atoms with Gasteiger partial charge in [0.2, 0.25) is 0 Å². The monoisotopic (exact) mass is 404 g/mol. The molecule has 0 atom stereocenters. The second-order valence-electron chi connectivity index (χ2n) is 5.74. The molecule has 1 N–H and O–H groups in total. The van der Waals surface area contributed by atoms with Crippen molar-refractivity contribution in [2.45, 2.75) is 13.1 Å². The van der Waals surface area contributed by atoms with Gasteiger partial charge in [-0.1, -0.05) is 23.4 Å². The molecule has 3 rings (SSSR count). The molecule has 2 aromatic heterocycles. The summed E-state index contributed by atoms with van der Waals surface area (Å²) in [6.07, 6.45) is -3.27. The molecule has 0 aliphatic heterocycles. The topological polar surface area (TPSA) is 93.8 Å². The van der Waals surface area contributed by atoms with E-state index in [0.29, 0.717) is 0 Å². The van der Waals surface area contributed by atoms with Gasteiger partial charge in [-0.2, -0.15) is 23.5 Å². The maximum Gasteiger partial charge on any atom is 0.420 e. The van der Waals surface area contributed by atoms with E-state index in [0.717, 1.165) is 4.79 Å². The molecule has 0 saturated heterocycles. The number of hydrogen-bond acceptors (Lipinski definition) is 6. The second-order valence-corrected chi connectivity index (χ2v) is 5.74. The fourth-order valence-electron chi connectivity index (χ4n) is 2.58. The molecule has 0 fully saturated rings. The van der Waals surface area contributed by atoms with Gasteiger partial charge in [-0.15, -0.1) is 10.2 Å². The van der Waals surface area contributed by atoms with E-state index in [-0.39, 0.29) is 28.3 Å². The summed E-state index contributed by atoms with van der Waals surface area (Å²) in [4.78, 5) is 16.5. The minimum Gasteiger partial charge on any atom is -0.465 e. The molecule has 11 heteroatoms. The number of carbonyl (C=O) groups is 1. The highest BCUT2D eigenvalue weighted by atomic mass is 19.4. The summed E-state index contributed by atoms with van der Waals surface area (Å²) in [5, 5.41) is 11.4. The normalized spacial score (nSPS) is 11.6. The Kier molecular flexibility index (Phi) is 5.57. The van der Waals surface area contributed by atoms with Gasteiger partial charge >= 0.3 is 12.1 Å². The molecule has 0 aliphatic carbocycles. The van der Waals surface area contributed by atoms with Gasteiger partial charge < -0.3 is 4.74 Å². The summed E-state index contributed by atoms with van der Waals surface area (Å²) in [6, 6.07) is 10.8. The van der Waals surface area contributed by atoms with Crippen LogP contribution in [-0.4, -0.2) is 28.0 Å². The number of nitrogens with one attached hydrogen (secondary N) is 1. The van der Waals surface area contributed by atoms with Crippen molar-refractivity contribution in [3.8, 4) is 11.4 Å². The number of pyridine rings is 1. The van der Waals surface area contributed by atoms with Crippen molar-refractivity contribution in [2.75, 3.05) is 12.6 Å². The summed E-state index contributed by atoms with van der Waals surface area (Å²) in [6.45, 7) is 1.24. The summed E-state index contributed by atoms with van der Waals surface area (Å²) < 4.78 is 45.3. The van der Waals surface area contributed by atoms with Crippen LogP contribution in [0.15, 0.2) is 59.0 Å². The molecule has 2 heterocycles. The Hall–Kier alpha value is -3.76. The van der Waals surface area contributed by atoms with Gasteiger partial charge in [-0.05, 0) is 31.2 Å². The van der Waals surface area contributed by atoms with Gasteiger partial charge in [0.25, 0.3) is 0 Å².